The zero-order valence-electron chi connectivity index (χ0n) is 18.2. The summed E-state index contributed by atoms with van der Waals surface area (Å²) in [6, 6.07) is 7.44. The summed E-state index contributed by atoms with van der Waals surface area (Å²) in [5.41, 5.74) is 1.54. The second-order valence-electron chi connectivity index (χ2n) is 10.2. The number of amides is 2. The molecule has 2 N–H and O–H groups in total. The molecule has 6 nitrogen and oxygen atoms in total. The third-order valence-electron chi connectivity index (χ3n) is 7.92. The monoisotopic (exact) mass is 420 g/mol. The van der Waals surface area contributed by atoms with Gasteiger partial charge >= 0.3 is 0 Å². The molecule has 1 aromatic heterocycles. The molecule has 6 heteroatoms. The fourth-order valence-electron chi connectivity index (χ4n) is 6.75. The SMILES string of the molecule is CC(NC(=O)c1cccc(NC(=O)CCn2ccnc2)c1)C12CC3CC(CC(C3)C1)C2. The molecular formula is C25H32N4O2. The molecule has 31 heavy (non-hydrogen) atoms. The molecule has 1 aromatic carbocycles. The number of hydrogen-bond acceptors (Lipinski definition) is 3. The molecule has 1 unspecified atom stereocenters. The smallest absolute Gasteiger partial charge is 0.251 e. The molecule has 6 rings (SSSR count). The molecule has 164 valence electrons. The minimum Gasteiger partial charge on any atom is -0.349 e. The van der Waals surface area contributed by atoms with Gasteiger partial charge in [-0.1, -0.05) is 6.07 Å². The van der Waals surface area contributed by atoms with Gasteiger partial charge in [0.05, 0.1) is 6.33 Å². The van der Waals surface area contributed by atoms with Crippen LogP contribution in [0, 0.1) is 23.2 Å². The predicted molar refractivity (Wildman–Crippen MR) is 119 cm³/mol. The summed E-state index contributed by atoms with van der Waals surface area (Å²) in [5, 5.41) is 6.22. The maximum atomic E-state index is 13.0. The van der Waals surface area contributed by atoms with Gasteiger partial charge in [-0.2, -0.15) is 0 Å². The van der Waals surface area contributed by atoms with Crippen molar-refractivity contribution >= 4 is 17.5 Å². The second-order valence-corrected chi connectivity index (χ2v) is 10.2. The van der Waals surface area contributed by atoms with Gasteiger partial charge in [-0.15, -0.1) is 0 Å². The molecule has 0 aliphatic heterocycles. The van der Waals surface area contributed by atoms with E-state index in [4.69, 9.17) is 0 Å². The van der Waals surface area contributed by atoms with E-state index < -0.39 is 0 Å². The lowest BCUT2D eigenvalue weighted by atomic mass is 9.48. The van der Waals surface area contributed by atoms with E-state index >= 15 is 0 Å². The molecule has 0 spiro atoms. The number of aryl methyl sites for hydroxylation is 1. The van der Waals surface area contributed by atoms with E-state index in [1.807, 2.05) is 29.0 Å². The number of rotatable bonds is 7. The summed E-state index contributed by atoms with van der Waals surface area (Å²) in [5.74, 6) is 2.48. The Hall–Kier alpha value is -2.63. The standard InChI is InChI=1S/C25H32N4O2/c1-17(25-13-18-9-19(14-25)11-20(10-18)15-25)27-24(31)21-3-2-4-22(12-21)28-23(30)5-7-29-8-6-26-16-29/h2-4,6,8,12,16-20H,5,7,9-11,13-15H2,1H3,(H,27,31)(H,28,30). The summed E-state index contributed by atoms with van der Waals surface area (Å²) in [6.45, 7) is 2.78. The minimum atomic E-state index is -0.0757. The number of carbonyl (C=O) groups is 2. The fourth-order valence-corrected chi connectivity index (χ4v) is 6.75. The van der Waals surface area contributed by atoms with Gasteiger partial charge in [-0.3, -0.25) is 9.59 Å². The third kappa shape index (κ3) is 4.25. The summed E-state index contributed by atoms with van der Waals surface area (Å²) in [7, 11) is 0. The van der Waals surface area contributed by atoms with Crippen molar-refractivity contribution in [1.29, 1.82) is 0 Å². The first-order chi connectivity index (χ1) is 15.0. The predicted octanol–water partition coefficient (Wildman–Crippen LogP) is 4.25. The lowest BCUT2D eigenvalue weighted by Gasteiger charge is -2.59. The first-order valence-electron chi connectivity index (χ1n) is 11.7. The van der Waals surface area contributed by atoms with Crippen LogP contribution in [0.3, 0.4) is 0 Å². The average molecular weight is 421 g/mol. The fraction of sp³-hybridized carbons (Fsp3) is 0.560. The first kappa shape index (κ1) is 20.3. The molecular weight excluding hydrogens is 388 g/mol. The highest BCUT2D eigenvalue weighted by Crippen LogP contribution is 2.61. The minimum absolute atomic E-state index is 0.0437. The van der Waals surface area contributed by atoms with E-state index in [0.717, 1.165) is 17.8 Å². The van der Waals surface area contributed by atoms with E-state index in [1.54, 1.807) is 18.6 Å². The van der Waals surface area contributed by atoms with Crippen molar-refractivity contribution in [3.05, 3.63) is 48.5 Å². The maximum absolute atomic E-state index is 13.0. The van der Waals surface area contributed by atoms with Crippen LogP contribution < -0.4 is 10.6 Å². The molecule has 0 saturated heterocycles. The quantitative estimate of drug-likeness (QED) is 0.703. The Morgan fingerprint density at radius 2 is 1.87 bits per heavy atom. The van der Waals surface area contributed by atoms with E-state index in [1.165, 1.54) is 38.5 Å². The number of carbonyl (C=O) groups excluding carboxylic acids is 2. The van der Waals surface area contributed by atoms with Gasteiger partial charge in [0.1, 0.15) is 0 Å². The van der Waals surface area contributed by atoms with Crippen LogP contribution in [0.4, 0.5) is 5.69 Å². The molecule has 4 bridgehead atoms. The van der Waals surface area contributed by atoms with Crippen LogP contribution in [-0.4, -0.2) is 27.4 Å². The van der Waals surface area contributed by atoms with Crippen LogP contribution >= 0.6 is 0 Å². The van der Waals surface area contributed by atoms with E-state index in [0.29, 0.717) is 24.2 Å². The van der Waals surface area contributed by atoms with Crippen LogP contribution in [0.1, 0.15) is 62.2 Å². The van der Waals surface area contributed by atoms with Gasteiger partial charge < -0.3 is 15.2 Å². The van der Waals surface area contributed by atoms with Gasteiger partial charge in [-0.05, 0) is 86.8 Å². The van der Waals surface area contributed by atoms with Crippen LogP contribution in [0.2, 0.25) is 0 Å². The number of anilines is 1. The highest BCUT2D eigenvalue weighted by molar-refractivity contribution is 5.97. The molecule has 4 aliphatic rings. The number of aromatic nitrogens is 2. The summed E-state index contributed by atoms with van der Waals surface area (Å²) < 4.78 is 1.87. The summed E-state index contributed by atoms with van der Waals surface area (Å²) in [4.78, 5) is 29.3. The Kier molecular flexibility index (Phi) is 5.32. The highest BCUT2D eigenvalue weighted by atomic mass is 16.2. The van der Waals surface area contributed by atoms with Crippen LogP contribution in [0.5, 0.6) is 0 Å². The van der Waals surface area contributed by atoms with Crippen molar-refractivity contribution in [2.24, 2.45) is 23.2 Å². The molecule has 2 amide bonds. The van der Waals surface area contributed by atoms with Gasteiger partial charge in [0.25, 0.3) is 5.91 Å². The highest BCUT2D eigenvalue weighted by Gasteiger charge is 2.53. The molecule has 1 heterocycles. The van der Waals surface area contributed by atoms with Crippen LogP contribution in [0.25, 0.3) is 0 Å². The number of nitrogens with zero attached hydrogens (tertiary/aromatic N) is 2. The van der Waals surface area contributed by atoms with Gasteiger partial charge in [0.2, 0.25) is 5.91 Å². The number of imidazole rings is 1. The van der Waals surface area contributed by atoms with Crippen molar-refractivity contribution < 1.29 is 9.59 Å². The largest absolute Gasteiger partial charge is 0.349 e. The van der Waals surface area contributed by atoms with Gasteiger partial charge in [0, 0.05) is 42.7 Å². The number of nitrogens with one attached hydrogen (secondary N) is 2. The molecule has 4 aliphatic carbocycles. The lowest BCUT2D eigenvalue weighted by Crippen LogP contribution is -2.55. The maximum Gasteiger partial charge on any atom is 0.251 e. The van der Waals surface area contributed by atoms with Crippen LogP contribution in [-0.2, 0) is 11.3 Å². The van der Waals surface area contributed by atoms with Crippen molar-refractivity contribution in [1.82, 2.24) is 14.9 Å². The Bertz CT molecular complexity index is 917. The van der Waals surface area contributed by atoms with Crippen molar-refractivity contribution in [3.8, 4) is 0 Å². The Labute approximate surface area is 183 Å². The second kappa shape index (κ2) is 8.13. The number of benzene rings is 1. The van der Waals surface area contributed by atoms with Crippen molar-refractivity contribution in [2.75, 3.05) is 5.32 Å². The van der Waals surface area contributed by atoms with Gasteiger partial charge in [0.15, 0.2) is 0 Å². The normalized spacial score (nSPS) is 29.5. The van der Waals surface area contributed by atoms with Crippen LogP contribution in [0.15, 0.2) is 43.0 Å². The zero-order valence-corrected chi connectivity index (χ0v) is 18.2. The third-order valence-corrected chi connectivity index (χ3v) is 7.92. The summed E-state index contributed by atoms with van der Waals surface area (Å²) in [6.07, 6.45) is 13.6. The van der Waals surface area contributed by atoms with E-state index in [2.05, 4.69) is 22.5 Å². The molecule has 4 fully saturated rings. The molecule has 1 atom stereocenters. The van der Waals surface area contributed by atoms with Crippen molar-refractivity contribution in [3.63, 3.8) is 0 Å². The summed E-state index contributed by atoms with van der Waals surface area (Å²) >= 11 is 0. The first-order valence-corrected chi connectivity index (χ1v) is 11.7. The Morgan fingerprint density at radius 1 is 1.16 bits per heavy atom. The Balaban J connectivity index is 1.19. The zero-order chi connectivity index (χ0) is 21.4. The number of hydrogen-bond donors (Lipinski definition) is 2. The Morgan fingerprint density at radius 3 is 2.52 bits per heavy atom. The average Bonchev–Trinajstić information content (AvgIpc) is 3.25. The van der Waals surface area contributed by atoms with E-state index in [-0.39, 0.29) is 23.3 Å². The van der Waals surface area contributed by atoms with Gasteiger partial charge in [-0.25, -0.2) is 4.98 Å². The van der Waals surface area contributed by atoms with Crippen molar-refractivity contribution in [2.45, 2.75) is 64.5 Å². The topological polar surface area (TPSA) is 76.0 Å². The molecule has 4 saturated carbocycles. The lowest BCUT2D eigenvalue weighted by molar-refractivity contribution is -0.116. The molecule has 2 aromatic rings. The molecule has 0 radical (unpaired) electrons. The van der Waals surface area contributed by atoms with E-state index in [9.17, 15) is 9.59 Å².